The van der Waals surface area contributed by atoms with Gasteiger partial charge in [0.25, 0.3) is 0 Å². The van der Waals surface area contributed by atoms with E-state index in [1.54, 1.807) is 18.2 Å². The van der Waals surface area contributed by atoms with Crippen molar-refractivity contribution in [1.29, 1.82) is 0 Å². The van der Waals surface area contributed by atoms with Crippen molar-refractivity contribution in [2.24, 2.45) is 0 Å². The first kappa shape index (κ1) is 22.1. The van der Waals surface area contributed by atoms with E-state index >= 15 is 0 Å². The molecule has 2 aromatic carbocycles. The number of carbonyl (C=O) groups excluding carboxylic acids is 2. The number of rotatable bonds is 6. The number of hydrogen-bond donors (Lipinski definition) is 2. The predicted molar refractivity (Wildman–Crippen MR) is 122 cm³/mol. The lowest BCUT2D eigenvalue weighted by Crippen LogP contribution is -2.41. The summed E-state index contributed by atoms with van der Waals surface area (Å²) in [6.07, 6.45) is 2.30. The highest BCUT2D eigenvalue weighted by Gasteiger charge is 2.25. The Hall–Kier alpha value is -2.57. The third-order valence-electron chi connectivity index (χ3n) is 5.47. The van der Waals surface area contributed by atoms with Crippen LogP contribution in [0.15, 0.2) is 42.5 Å². The molecule has 1 saturated heterocycles. The average Bonchev–Trinajstić information content (AvgIpc) is 3.25. The highest BCUT2D eigenvalue weighted by molar-refractivity contribution is 6.39. The van der Waals surface area contributed by atoms with E-state index in [0.29, 0.717) is 17.3 Å². The van der Waals surface area contributed by atoms with Gasteiger partial charge in [-0.3, -0.25) is 14.5 Å². The Morgan fingerprint density at radius 3 is 2.33 bits per heavy atom. The monoisotopic (exact) mass is 428 g/mol. The maximum Gasteiger partial charge on any atom is 0.313 e. The van der Waals surface area contributed by atoms with E-state index in [4.69, 9.17) is 11.6 Å². The van der Waals surface area contributed by atoms with Crippen molar-refractivity contribution in [3.05, 3.63) is 58.6 Å². The molecule has 160 valence electrons. The molecule has 0 saturated carbocycles. The molecule has 3 rings (SSSR count). The summed E-state index contributed by atoms with van der Waals surface area (Å²) in [6, 6.07) is 13.6. The number of halogens is 1. The van der Waals surface area contributed by atoms with Gasteiger partial charge in [-0.1, -0.05) is 29.8 Å². The Morgan fingerprint density at radius 1 is 1.07 bits per heavy atom. The van der Waals surface area contributed by atoms with Crippen LogP contribution < -0.4 is 15.5 Å². The Kier molecular flexibility index (Phi) is 7.34. The number of benzene rings is 2. The van der Waals surface area contributed by atoms with Gasteiger partial charge in [0.2, 0.25) is 0 Å². The van der Waals surface area contributed by atoms with E-state index < -0.39 is 11.8 Å². The fraction of sp³-hybridized carbons (Fsp3) is 0.391. The molecular formula is C23H29ClN4O2. The summed E-state index contributed by atoms with van der Waals surface area (Å²) in [5, 5.41) is 5.96. The highest BCUT2D eigenvalue weighted by atomic mass is 35.5. The number of anilines is 2. The lowest BCUT2D eigenvalue weighted by atomic mass is 10.0. The van der Waals surface area contributed by atoms with Gasteiger partial charge in [0.15, 0.2) is 0 Å². The van der Waals surface area contributed by atoms with Crippen LogP contribution in [0.1, 0.15) is 30.0 Å². The molecule has 2 N–H and O–H groups in total. The SMILES string of the molecule is Cc1ccc(NC(=O)C(=O)NC[C@@H](c2ccc(N(C)C)cc2)N2CCCC2)cc1Cl. The quantitative estimate of drug-likeness (QED) is 0.690. The van der Waals surface area contributed by atoms with Crippen LogP contribution in [0.2, 0.25) is 5.02 Å². The topological polar surface area (TPSA) is 64.7 Å². The van der Waals surface area contributed by atoms with E-state index in [2.05, 4.69) is 44.7 Å². The number of carbonyl (C=O) groups is 2. The molecule has 1 fully saturated rings. The summed E-state index contributed by atoms with van der Waals surface area (Å²) in [5.41, 5.74) is 3.67. The molecule has 1 aliphatic rings. The van der Waals surface area contributed by atoms with Crippen molar-refractivity contribution < 1.29 is 9.59 Å². The molecule has 2 amide bonds. The second kappa shape index (κ2) is 9.96. The largest absolute Gasteiger partial charge is 0.378 e. The molecule has 1 aliphatic heterocycles. The van der Waals surface area contributed by atoms with Crippen molar-refractivity contribution >= 4 is 34.8 Å². The van der Waals surface area contributed by atoms with Gasteiger partial charge in [-0.15, -0.1) is 0 Å². The molecule has 7 heteroatoms. The minimum Gasteiger partial charge on any atom is -0.378 e. The molecule has 0 spiro atoms. The Bertz CT molecular complexity index is 893. The zero-order chi connectivity index (χ0) is 21.7. The fourth-order valence-electron chi connectivity index (χ4n) is 3.63. The van der Waals surface area contributed by atoms with Crippen LogP contribution in [-0.2, 0) is 9.59 Å². The number of amides is 2. The molecule has 6 nitrogen and oxygen atoms in total. The van der Waals surface area contributed by atoms with E-state index in [1.165, 1.54) is 0 Å². The molecule has 0 aromatic heterocycles. The van der Waals surface area contributed by atoms with E-state index in [0.717, 1.165) is 42.7 Å². The normalized spacial score (nSPS) is 14.9. The van der Waals surface area contributed by atoms with Crippen LogP contribution in [0, 0.1) is 6.92 Å². The first-order valence-corrected chi connectivity index (χ1v) is 10.6. The van der Waals surface area contributed by atoms with E-state index in [-0.39, 0.29) is 6.04 Å². The molecule has 1 atom stereocenters. The Morgan fingerprint density at radius 2 is 1.73 bits per heavy atom. The molecule has 30 heavy (non-hydrogen) atoms. The second-order valence-electron chi connectivity index (χ2n) is 7.87. The Balaban J connectivity index is 1.64. The standard InChI is InChI=1S/C23H29ClN4O2/c1-16-6-9-18(14-20(16)24)26-23(30)22(29)25-15-21(28-12-4-5-13-28)17-7-10-19(11-8-17)27(2)3/h6-11,14,21H,4-5,12-13,15H2,1-3H3,(H,25,29)(H,26,30)/t21-/m0/s1. The molecule has 0 unspecified atom stereocenters. The fourth-order valence-corrected chi connectivity index (χ4v) is 3.81. The minimum absolute atomic E-state index is 0.0364. The third kappa shape index (κ3) is 5.52. The van der Waals surface area contributed by atoms with Crippen molar-refractivity contribution in [1.82, 2.24) is 10.2 Å². The zero-order valence-electron chi connectivity index (χ0n) is 17.7. The minimum atomic E-state index is -0.696. The maximum absolute atomic E-state index is 12.4. The van der Waals surface area contributed by atoms with Gasteiger partial charge in [0, 0.05) is 37.0 Å². The number of aryl methyl sites for hydroxylation is 1. The molecule has 0 radical (unpaired) electrons. The second-order valence-corrected chi connectivity index (χ2v) is 8.28. The molecule has 1 heterocycles. The van der Waals surface area contributed by atoms with E-state index in [9.17, 15) is 9.59 Å². The molecular weight excluding hydrogens is 400 g/mol. The average molecular weight is 429 g/mol. The van der Waals surface area contributed by atoms with Gasteiger partial charge < -0.3 is 15.5 Å². The van der Waals surface area contributed by atoms with Crippen molar-refractivity contribution in [2.45, 2.75) is 25.8 Å². The number of nitrogens with one attached hydrogen (secondary N) is 2. The predicted octanol–water partition coefficient (Wildman–Crippen LogP) is 3.61. The van der Waals surface area contributed by atoms with Crippen molar-refractivity contribution in [2.75, 3.05) is 43.9 Å². The van der Waals surface area contributed by atoms with Crippen LogP contribution in [0.4, 0.5) is 11.4 Å². The van der Waals surface area contributed by atoms with Gasteiger partial charge in [0.05, 0.1) is 6.04 Å². The van der Waals surface area contributed by atoms with Crippen LogP contribution in [0.3, 0.4) is 0 Å². The van der Waals surface area contributed by atoms with Gasteiger partial charge in [-0.05, 0) is 68.2 Å². The number of hydrogen-bond acceptors (Lipinski definition) is 4. The van der Waals surface area contributed by atoms with Crippen molar-refractivity contribution in [3.63, 3.8) is 0 Å². The third-order valence-corrected chi connectivity index (χ3v) is 5.87. The zero-order valence-corrected chi connectivity index (χ0v) is 18.5. The highest BCUT2D eigenvalue weighted by Crippen LogP contribution is 2.26. The first-order chi connectivity index (χ1) is 14.3. The van der Waals surface area contributed by atoms with Crippen LogP contribution in [0.5, 0.6) is 0 Å². The summed E-state index contributed by atoms with van der Waals surface area (Å²) < 4.78 is 0. The molecule has 0 aliphatic carbocycles. The first-order valence-electron chi connectivity index (χ1n) is 10.2. The van der Waals surface area contributed by atoms with Gasteiger partial charge in [0.1, 0.15) is 0 Å². The lowest BCUT2D eigenvalue weighted by Gasteiger charge is -2.28. The smallest absolute Gasteiger partial charge is 0.313 e. The molecule has 0 bridgehead atoms. The maximum atomic E-state index is 12.4. The lowest BCUT2D eigenvalue weighted by molar-refractivity contribution is -0.136. The summed E-state index contributed by atoms with van der Waals surface area (Å²) in [4.78, 5) is 29.1. The Labute approximate surface area is 183 Å². The van der Waals surface area contributed by atoms with Crippen molar-refractivity contribution in [3.8, 4) is 0 Å². The number of nitrogens with zero attached hydrogens (tertiary/aromatic N) is 2. The summed E-state index contributed by atoms with van der Waals surface area (Å²) in [7, 11) is 4.01. The summed E-state index contributed by atoms with van der Waals surface area (Å²) in [6.45, 7) is 4.24. The van der Waals surface area contributed by atoms with E-state index in [1.807, 2.05) is 21.0 Å². The van der Waals surface area contributed by atoms with Gasteiger partial charge in [-0.2, -0.15) is 0 Å². The molecule has 2 aromatic rings. The van der Waals surface area contributed by atoms with Gasteiger partial charge in [-0.25, -0.2) is 0 Å². The summed E-state index contributed by atoms with van der Waals surface area (Å²) in [5.74, 6) is -1.35. The van der Waals surface area contributed by atoms with Crippen LogP contribution >= 0.6 is 11.6 Å². The number of likely N-dealkylation sites (tertiary alicyclic amines) is 1. The summed E-state index contributed by atoms with van der Waals surface area (Å²) >= 11 is 6.09. The van der Waals surface area contributed by atoms with Crippen LogP contribution in [0.25, 0.3) is 0 Å². The van der Waals surface area contributed by atoms with Crippen LogP contribution in [-0.4, -0.2) is 50.4 Å². The van der Waals surface area contributed by atoms with Gasteiger partial charge >= 0.3 is 11.8 Å².